The number of methoxy groups -OCH3 is 1. The number of nitrogens with one attached hydrogen (secondary N) is 1. The van der Waals surface area contributed by atoms with Crippen molar-refractivity contribution in [2.75, 3.05) is 20.2 Å². The van der Waals surface area contributed by atoms with Crippen molar-refractivity contribution in [2.45, 2.75) is 12.2 Å². The number of carbonyl (C=O) groups is 1. The Morgan fingerprint density at radius 2 is 2.18 bits per heavy atom. The van der Waals surface area contributed by atoms with Crippen molar-refractivity contribution >= 4 is 6.09 Å². The van der Waals surface area contributed by atoms with E-state index >= 15 is 0 Å². The maximum atomic E-state index is 10.3. The topological polar surface area (TPSA) is 73.6 Å². The van der Waals surface area contributed by atoms with E-state index < -0.39 is 6.09 Å². The summed E-state index contributed by atoms with van der Waals surface area (Å²) >= 11 is 0. The molecule has 2 atom stereocenters. The number of carbonyl (C=O) groups excluding carboxylic acids is 1. The predicted octanol–water partition coefficient (Wildman–Crippen LogP) is -0.931. The van der Waals surface area contributed by atoms with Gasteiger partial charge in [-0.25, -0.2) is 4.79 Å². The molecule has 2 unspecified atom stereocenters. The van der Waals surface area contributed by atoms with Gasteiger partial charge in [0.25, 0.3) is 0 Å². The third-order valence-electron chi connectivity index (χ3n) is 1.68. The number of primary amides is 1. The Hall–Kier alpha value is -0.810. The van der Waals surface area contributed by atoms with Crippen molar-refractivity contribution < 1.29 is 14.3 Å². The van der Waals surface area contributed by atoms with E-state index in [4.69, 9.17) is 15.2 Å². The Kier molecular flexibility index (Phi) is 2.67. The van der Waals surface area contributed by atoms with Crippen LogP contribution in [-0.2, 0) is 9.47 Å². The summed E-state index contributed by atoms with van der Waals surface area (Å²) in [6.07, 6.45) is -1.05. The van der Waals surface area contributed by atoms with Crippen LogP contribution in [0.25, 0.3) is 0 Å². The van der Waals surface area contributed by atoms with Gasteiger partial charge in [-0.2, -0.15) is 0 Å². The molecule has 1 heterocycles. The molecule has 0 aromatic carbocycles. The van der Waals surface area contributed by atoms with Crippen molar-refractivity contribution in [3.05, 3.63) is 0 Å². The average Bonchev–Trinajstić information content (AvgIpc) is 2.34. The smallest absolute Gasteiger partial charge is 0.404 e. The monoisotopic (exact) mass is 160 g/mol. The van der Waals surface area contributed by atoms with E-state index in [0.717, 1.165) is 0 Å². The van der Waals surface area contributed by atoms with E-state index in [9.17, 15) is 4.79 Å². The predicted molar refractivity (Wildman–Crippen MR) is 38.1 cm³/mol. The molecule has 0 aromatic heterocycles. The lowest BCUT2D eigenvalue weighted by Crippen LogP contribution is -2.33. The first-order valence-electron chi connectivity index (χ1n) is 3.43. The van der Waals surface area contributed by atoms with Crippen LogP contribution >= 0.6 is 0 Å². The van der Waals surface area contributed by atoms with Gasteiger partial charge in [0.2, 0.25) is 0 Å². The highest BCUT2D eigenvalue weighted by atomic mass is 16.6. The Labute approximate surface area is 64.8 Å². The van der Waals surface area contributed by atoms with Gasteiger partial charge in [0.1, 0.15) is 12.2 Å². The van der Waals surface area contributed by atoms with Crippen molar-refractivity contribution in [2.24, 2.45) is 5.73 Å². The number of hydrogen-bond donors (Lipinski definition) is 2. The number of ether oxygens (including phenoxy) is 2. The zero-order valence-electron chi connectivity index (χ0n) is 6.37. The normalized spacial score (nSPS) is 30.3. The van der Waals surface area contributed by atoms with Crippen LogP contribution in [0, 0.1) is 0 Å². The van der Waals surface area contributed by atoms with Crippen molar-refractivity contribution in [1.82, 2.24) is 5.32 Å². The molecule has 0 radical (unpaired) electrons. The van der Waals surface area contributed by atoms with E-state index in [1.54, 1.807) is 7.11 Å². The molecule has 64 valence electrons. The lowest BCUT2D eigenvalue weighted by Gasteiger charge is -2.15. The lowest BCUT2D eigenvalue weighted by molar-refractivity contribution is 0.0104. The molecule has 3 N–H and O–H groups in total. The highest BCUT2D eigenvalue weighted by molar-refractivity contribution is 5.64. The van der Waals surface area contributed by atoms with Crippen LogP contribution in [-0.4, -0.2) is 38.5 Å². The van der Waals surface area contributed by atoms with Gasteiger partial charge in [-0.3, -0.25) is 0 Å². The zero-order valence-corrected chi connectivity index (χ0v) is 6.37. The average molecular weight is 160 g/mol. The first kappa shape index (κ1) is 8.29. The molecule has 5 nitrogen and oxygen atoms in total. The third-order valence-corrected chi connectivity index (χ3v) is 1.68. The summed E-state index contributed by atoms with van der Waals surface area (Å²) < 4.78 is 9.80. The molecule has 1 aliphatic heterocycles. The fourth-order valence-electron chi connectivity index (χ4n) is 1.13. The molecule has 1 aliphatic rings. The van der Waals surface area contributed by atoms with Gasteiger partial charge in [0, 0.05) is 20.2 Å². The van der Waals surface area contributed by atoms with Gasteiger partial charge in [-0.15, -0.1) is 0 Å². The Morgan fingerprint density at radius 3 is 2.73 bits per heavy atom. The first-order valence-corrected chi connectivity index (χ1v) is 3.43. The number of hydrogen-bond acceptors (Lipinski definition) is 4. The molecule has 1 saturated heterocycles. The van der Waals surface area contributed by atoms with Crippen LogP contribution in [0.5, 0.6) is 0 Å². The minimum absolute atomic E-state index is 0.0671. The summed E-state index contributed by atoms with van der Waals surface area (Å²) in [5, 5.41) is 3.02. The summed E-state index contributed by atoms with van der Waals surface area (Å²) in [4.78, 5) is 10.3. The van der Waals surface area contributed by atoms with E-state index in [-0.39, 0.29) is 12.2 Å². The molecule has 11 heavy (non-hydrogen) atoms. The van der Waals surface area contributed by atoms with Gasteiger partial charge >= 0.3 is 6.09 Å². The van der Waals surface area contributed by atoms with E-state index in [1.165, 1.54) is 0 Å². The molecular formula is C6H12N2O3. The van der Waals surface area contributed by atoms with Gasteiger partial charge in [-0.05, 0) is 0 Å². The van der Waals surface area contributed by atoms with Crippen LogP contribution in [0.3, 0.4) is 0 Å². The molecule has 5 heteroatoms. The second-order valence-corrected chi connectivity index (χ2v) is 2.41. The van der Waals surface area contributed by atoms with Gasteiger partial charge in [0.15, 0.2) is 0 Å². The minimum atomic E-state index is -0.749. The van der Waals surface area contributed by atoms with Gasteiger partial charge < -0.3 is 20.5 Å². The molecular weight excluding hydrogens is 148 g/mol. The van der Waals surface area contributed by atoms with Gasteiger partial charge in [-0.1, -0.05) is 0 Å². The lowest BCUT2D eigenvalue weighted by atomic mass is 10.2. The highest BCUT2D eigenvalue weighted by Gasteiger charge is 2.29. The molecule has 1 amide bonds. The zero-order chi connectivity index (χ0) is 8.27. The largest absolute Gasteiger partial charge is 0.442 e. The fraction of sp³-hybridized carbons (Fsp3) is 0.833. The number of amides is 1. The number of rotatable bonds is 2. The molecule has 0 aromatic rings. The van der Waals surface area contributed by atoms with Gasteiger partial charge in [0.05, 0.1) is 0 Å². The van der Waals surface area contributed by atoms with E-state index in [1.807, 2.05) is 0 Å². The standard InChI is InChI=1S/C6H12N2O3/c1-10-4-2-8-3-5(4)11-6(7)9/h4-5,8H,2-3H2,1H3,(H2,7,9). The SMILES string of the molecule is COC1CNCC1OC(N)=O. The van der Waals surface area contributed by atoms with Crippen LogP contribution in [0.2, 0.25) is 0 Å². The van der Waals surface area contributed by atoms with Crippen LogP contribution in [0.1, 0.15) is 0 Å². The van der Waals surface area contributed by atoms with Crippen molar-refractivity contribution in [3.8, 4) is 0 Å². The van der Waals surface area contributed by atoms with Crippen molar-refractivity contribution in [1.29, 1.82) is 0 Å². The quantitative estimate of drug-likeness (QED) is 0.547. The number of nitrogens with two attached hydrogens (primary N) is 1. The van der Waals surface area contributed by atoms with Crippen LogP contribution in [0.4, 0.5) is 4.79 Å². The maximum Gasteiger partial charge on any atom is 0.404 e. The molecule has 0 aliphatic carbocycles. The van der Waals surface area contributed by atoms with E-state index in [2.05, 4.69) is 5.32 Å². The highest BCUT2D eigenvalue weighted by Crippen LogP contribution is 2.07. The minimum Gasteiger partial charge on any atom is -0.442 e. The van der Waals surface area contributed by atoms with E-state index in [0.29, 0.717) is 13.1 Å². The molecule has 0 saturated carbocycles. The maximum absolute atomic E-state index is 10.3. The second kappa shape index (κ2) is 3.54. The van der Waals surface area contributed by atoms with Crippen molar-refractivity contribution in [3.63, 3.8) is 0 Å². The Balaban J connectivity index is 2.37. The van der Waals surface area contributed by atoms with Crippen LogP contribution < -0.4 is 11.1 Å². The molecule has 0 bridgehead atoms. The molecule has 0 spiro atoms. The second-order valence-electron chi connectivity index (χ2n) is 2.41. The fourth-order valence-corrected chi connectivity index (χ4v) is 1.13. The molecule has 1 rings (SSSR count). The summed E-state index contributed by atoms with van der Waals surface area (Å²) in [5.74, 6) is 0. The molecule has 1 fully saturated rings. The third kappa shape index (κ3) is 2.06. The Bertz CT molecular complexity index is 151. The first-order chi connectivity index (χ1) is 5.24. The summed E-state index contributed by atoms with van der Waals surface area (Å²) in [5.41, 5.74) is 4.84. The summed E-state index contributed by atoms with van der Waals surface area (Å²) in [7, 11) is 1.58. The summed E-state index contributed by atoms with van der Waals surface area (Å²) in [6, 6.07) is 0. The summed E-state index contributed by atoms with van der Waals surface area (Å²) in [6.45, 7) is 1.32. The van der Waals surface area contributed by atoms with Crippen LogP contribution in [0.15, 0.2) is 0 Å². The Morgan fingerprint density at radius 1 is 1.55 bits per heavy atom.